The lowest BCUT2D eigenvalue weighted by Gasteiger charge is -2.12. The number of carbonyl (C=O) groups excluding carboxylic acids is 1. The van der Waals surface area contributed by atoms with Gasteiger partial charge in [0.25, 0.3) is 0 Å². The fourth-order valence-electron chi connectivity index (χ4n) is 2.52. The average Bonchev–Trinajstić information content (AvgIpc) is 2.71. The van der Waals surface area contributed by atoms with Crippen LogP contribution in [0.5, 0.6) is 0 Å². The molecule has 0 aromatic heterocycles. The van der Waals surface area contributed by atoms with Crippen molar-refractivity contribution in [2.24, 2.45) is 0 Å². The minimum atomic E-state index is -0.168. The molecular formula is C22H19Cl2N3OS2. The Morgan fingerprint density at radius 2 is 1.67 bits per heavy atom. The third-order valence-corrected chi connectivity index (χ3v) is 5.74. The van der Waals surface area contributed by atoms with Crippen molar-refractivity contribution in [3.8, 4) is 0 Å². The van der Waals surface area contributed by atoms with Crippen LogP contribution in [0.15, 0.2) is 71.6 Å². The average molecular weight is 476 g/mol. The third-order valence-electron chi connectivity index (χ3n) is 3.97. The number of rotatable bonds is 6. The molecule has 1 amide bonds. The van der Waals surface area contributed by atoms with Gasteiger partial charge < -0.3 is 16.0 Å². The Morgan fingerprint density at radius 1 is 0.933 bits per heavy atom. The molecule has 0 spiro atoms. The standard InChI is InChI=1S/C22H19Cl2N3OS2/c1-14-5-8-16(9-6-14)25-22(29)26-17-3-2-4-18(12-17)30-13-21(28)27-20-11-15(23)7-10-19(20)24/h2-12H,13H2,1H3,(H,27,28)(H2,25,26,29). The number of aryl methyl sites for hydroxylation is 1. The number of nitrogens with one attached hydrogen (secondary N) is 3. The second kappa shape index (κ2) is 10.7. The van der Waals surface area contributed by atoms with Crippen molar-refractivity contribution in [2.45, 2.75) is 11.8 Å². The molecule has 3 aromatic carbocycles. The predicted octanol–water partition coefficient (Wildman–Crippen LogP) is 6.84. The largest absolute Gasteiger partial charge is 0.332 e. The number of hydrogen-bond donors (Lipinski definition) is 3. The quantitative estimate of drug-likeness (QED) is 0.269. The summed E-state index contributed by atoms with van der Waals surface area (Å²) in [6.45, 7) is 2.04. The van der Waals surface area contributed by atoms with E-state index in [1.807, 2.05) is 55.5 Å². The summed E-state index contributed by atoms with van der Waals surface area (Å²) >= 11 is 18.8. The number of amides is 1. The van der Waals surface area contributed by atoms with Crippen molar-refractivity contribution in [3.05, 3.63) is 82.3 Å². The topological polar surface area (TPSA) is 53.2 Å². The lowest BCUT2D eigenvalue weighted by atomic mass is 10.2. The maximum atomic E-state index is 12.3. The molecule has 30 heavy (non-hydrogen) atoms. The number of benzene rings is 3. The van der Waals surface area contributed by atoms with Gasteiger partial charge >= 0.3 is 0 Å². The van der Waals surface area contributed by atoms with E-state index in [0.29, 0.717) is 20.8 Å². The Balaban J connectivity index is 1.53. The summed E-state index contributed by atoms with van der Waals surface area (Å²) in [5.74, 6) is 0.0670. The predicted molar refractivity (Wildman–Crippen MR) is 133 cm³/mol. The van der Waals surface area contributed by atoms with Crippen molar-refractivity contribution in [2.75, 3.05) is 21.7 Å². The van der Waals surface area contributed by atoms with E-state index >= 15 is 0 Å². The summed E-state index contributed by atoms with van der Waals surface area (Å²) in [6.07, 6.45) is 0. The summed E-state index contributed by atoms with van der Waals surface area (Å²) in [5, 5.41) is 10.5. The fourth-order valence-corrected chi connectivity index (χ4v) is 3.85. The van der Waals surface area contributed by atoms with Crippen molar-refractivity contribution in [1.29, 1.82) is 0 Å². The highest BCUT2D eigenvalue weighted by Crippen LogP contribution is 2.26. The molecule has 3 N–H and O–H groups in total. The van der Waals surface area contributed by atoms with E-state index in [2.05, 4.69) is 16.0 Å². The summed E-state index contributed by atoms with van der Waals surface area (Å²) in [5.41, 5.74) is 3.44. The molecule has 0 aliphatic rings. The molecule has 0 radical (unpaired) electrons. The monoisotopic (exact) mass is 475 g/mol. The number of thioether (sulfide) groups is 1. The van der Waals surface area contributed by atoms with Gasteiger partial charge in [-0.1, -0.05) is 47.0 Å². The molecule has 0 saturated carbocycles. The minimum absolute atomic E-state index is 0.168. The van der Waals surface area contributed by atoms with E-state index in [1.165, 1.54) is 17.3 Å². The maximum Gasteiger partial charge on any atom is 0.234 e. The van der Waals surface area contributed by atoms with E-state index in [1.54, 1.807) is 18.2 Å². The molecule has 8 heteroatoms. The van der Waals surface area contributed by atoms with Gasteiger partial charge in [0.15, 0.2) is 5.11 Å². The van der Waals surface area contributed by atoms with E-state index in [4.69, 9.17) is 35.4 Å². The second-order valence-electron chi connectivity index (χ2n) is 6.43. The first-order valence-corrected chi connectivity index (χ1v) is 11.2. The van der Waals surface area contributed by atoms with Crippen LogP contribution in [0.25, 0.3) is 0 Å². The minimum Gasteiger partial charge on any atom is -0.332 e. The molecule has 0 aliphatic carbocycles. The van der Waals surface area contributed by atoms with E-state index in [0.717, 1.165) is 16.3 Å². The Labute approximate surface area is 195 Å². The fraction of sp³-hybridized carbons (Fsp3) is 0.0909. The molecule has 0 unspecified atom stereocenters. The molecule has 154 valence electrons. The Hall–Kier alpha value is -2.25. The second-order valence-corrected chi connectivity index (χ2v) is 8.73. The summed E-state index contributed by atoms with van der Waals surface area (Å²) in [4.78, 5) is 13.2. The van der Waals surface area contributed by atoms with Crippen LogP contribution in [0.2, 0.25) is 10.0 Å². The Kier molecular flexibility index (Phi) is 7.99. The SMILES string of the molecule is Cc1ccc(NC(=S)Nc2cccc(SCC(=O)Nc3cc(Cl)ccc3Cl)c2)cc1. The van der Waals surface area contributed by atoms with Crippen LogP contribution in [0, 0.1) is 6.92 Å². The maximum absolute atomic E-state index is 12.3. The molecule has 0 saturated heterocycles. The van der Waals surface area contributed by atoms with E-state index in [-0.39, 0.29) is 11.7 Å². The van der Waals surface area contributed by atoms with Crippen LogP contribution in [-0.2, 0) is 4.79 Å². The zero-order valence-electron chi connectivity index (χ0n) is 16.0. The first-order chi connectivity index (χ1) is 14.4. The van der Waals surface area contributed by atoms with Gasteiger partial charge in [-0.25, -0.2) is 0 Å². The van der Waals surface area contributed by atoms with Gasteiger partial charge in [-0.3, -0.25) is 4.79 Å². The third kappa shape index (κ3) is 6.92. The summed E-state index contributed by atoms with van der Waals surface area (Å²) < 4.78 is 0. The molecule has 0 bridgehead atoms. The zero-order valence-corrected chi connectivity index (χ0v) is 19.2. The molecule has 3 aromatic rings. The van der Waals surface area contributed by atoms with Gasteiger partial charge in [-0.15, -0.1) is 11.8 Å². The molecule has 3 rings (SSSR count). The van der Waals surface area contributed by atoms with Crippen molar-refractivity contribution < 1.29 is 4.79 Å². The number of thiocarbonyl (C=S) groups is 1. The van der Waals surface area contributed by atoms with Gasteiger partial charge in [-0.2, -0.15) is 0 Å². The Bertz CT molecular complexity index is 1060. The van der Waals surface area contributed by atoms with Gasteiger partial charge in [0.05, 0.1) is 16.5 Å². The number of halogens is 2. The van der Waals surface area contributed by atoms with Crippen LogP contribution in [-0.4, -0.2) is 16.8 Å². The first-order valence-electron chi connectivity index (χ1n) is 9.01. The van der Waals surface area contributed by atoms with E-state index < -0.39 is 0 Å². The van der Waals surface area contributed by atoms with Gasteiger partial charge in [0, 0.05) is 21.3 Å². The van der Waals surface area contributed by atoms with E-state index in [9.17, 15) is 4.79 Å². The highest BCUT2D eigenvalue weighted by Gasteiger charge is 2.08. The van der Waals surface area contributed by atoms with Crippen LogP contribution < -0.4 is 16.0 Å². The van der Waals surface area contributed by atoms with Crippen LogP contribution in [0.1, 0.15) is 5.56 Å². The van der Waals surface area contributed by atoms with Gasteiger partial charge in [0.1, 0.15) is 0 Å². The van der Waals surface area contributed by atoms with Crippen molar-refractivity contribution in [1.82, 2.24) is 0 Å². The van der Waals surface area contributed by atoms with Crippen LogP contribution in [0.3, 0.4) is 0 Å². The van der Waals surface area contributed by atoms with Crippen LogP contribution in [0.4, 0.5) is 17.1 Å². The van der Waals surface area contributed by atoms with Crippen molar-refractivity contribution in [3.63, 3.8) is 0 Å². The summed E-state index contributed by atoms with van der Waals surface area (Å²) in [6, 6.07) is 20.6. The van der Waals surface area contributed by atoms with Gasteiger partial charge in [0.2, 0.25) is 5.91 Å². The normalized spacial score (nSPS) is 10.4. The van der Waals surface area contributed by atoms with Gasteiger partial charge in [-0.05, 0) is 67.7 Å². The number of anilines is 3. The molecule has 0 fully saturated rings. The number of carbonyl (C=O) groups is 1. The highest BCUT2D eigenvalue weighted by molar-refractivity contribution is 8.00. The highest BCUT2D eigenvalue weighted by atomic mass is 35.5. The molecule has 4 nitrogen and oxygen atoms in total. The number of hydrogen-bond acceptors (Lipinski definition) is 3. The lowest BCUT2D eigenvalue weighted by molar-refractivity contribution is -0.113. The lowest BCUT2D eigenvalue weighted by Crippen LogP contribution is -2.19. The zero-order chi connectivity index (χ0) is 21.5. The molecule has 0 aliphatic heterocycles. The molecular weight excluding hydrogens is 457 g/mol. The Morgan fingerprint density at radius 3 is 2.43 bits per heavy atom. The molecule has 0 atom stereocenters. The van der Waals surface area contributed by atoms with Crippen molar-refractivity contribution >= 4 is 75.3 Å². The van der Waals surface area contributed by atoms with Crippen LogP contribution >= 0.6 is 47.2 Å². The smallest absolute Gasteiger partial charge is 0.234 e. The molecule has 0 heterocycles. The summed E-state index contributed by atoms with van der Waals surface area (Å²) in [7, 11) is 0. The first kappa shape index (κ1) is 22.4.